The summed E-state index contributed by atoms with van der Waals surface area (Å²) in [6.45, 7) is 6.52. The molecule has 0 spiro atoms. The lowest BCUT2D eigenvalue weighted by molar-refractivity contribution is -0.119. The molecule has 3 aromatic carbocycles. The number of aryl methyl sites for hydroxylation is 1. The summed E-state index contributed by atoms with van der Waals surface area (Å²) >= 11 is 0. The van der Waals surface area contributed by atoms with Gasteiger partial charge in [0, 0.05) is 50.6 Å². The summed E-state index contributed by atoms with van der Waals surface area (Å²) in [6, 6.07) is 12.2. The predicted molar refractivity (Wildman–Crippen MR) is 223 cm³/mol. The second kappa shape index (κ2) is 20.0. The molecule has 2 N–H and O–H groups in total. The third-order valence-electron chi connectivity index (χ3n) is 10.4. The van der Waals surface area contributed by atoms with E-state index in [1.165, 1.54) is 41.1 Å². The van der Waals surface area contributed by atoms with Crippen LogP contribution in [-0.4, -0.2) is 109 Å². The molecule has 2 unspecified atom stereocenters. The minimum atomic E-state index is -5.97. The molecule has 0 aliphatic carbocycles. The van der Waals surface area contributed by atoms with E-state index in [1.807, 2.05) is 19.1 Å². The van der Waals surface area contributed by atoms with Crippen molar-refractivity contribution in [1.29, 1.82) is 0 Å². The van der Waals surface area contributed by atoms with E-state index in [0.717, 1.165) is 27.8 Å². The Morgan fingerprint density at radius 3 is 2.23 bits per heavy atom. The van der Waals surface area contributed by atoms with Gasteiger partial charge in [-0.2, -0.15) is 21.6 Å². The molecule has 2 aliphatic heterocycles. The van der Waals surface area contributed by atoms with Gasteiger partial charge in [-0.15, -0.1) is 0 Å². The van der Waals surface area contributed by atoms with Crippen LogP contribution in [0, 0.1) is 6.92 Å². The van der Waals surface area contributed by atoms with Gasteiger partial charge in [-0.25, -0.2) is 0 Å². The zero-order chi connectivity index (χ0) is 45.4. The van der Waals surface area contributed by atoms with Gasteiger partial charge in [0.2, 0.25) is 19.2 Å². The van der Waals surface area contributed by atoms with Crippen molar-refractivity contribution in [3.8, 4) is 23.0 Å². The number of nitrogen functional groups attached to an aromatic ring is 1. The van der Waals surface area contributed by atoms with Crippen molar-refractivity contribution in [1.82, 2.24) is 9.80 Å². The first-order valence-corrected chi connectivity index (χ1v) is 20.7. The summed E-state index contributed by atoms with van der Waals surface area (Å²) in [6.07, 6.45) is 4.55. The molecule has 0 aromatic heterocycles. The van der Waals surface area contributed by atoms with Crippen molar-refractivity contribution in [3.63, 3.8) is 0 Å². The number of hydrogen-bond acceptors (Lipinski definition) is 12. The number of fused-ring (bicyclic) bond motifs is 2. The molecule has 4 amide bonds. The number of amides is 4. The Bertz CT molecular complexity index is 2310. The number of carbonyl (C=O) groups excluding carboxylic acids is 4. The lowest BCUT2D eigenvalue weighted by Crippen LogP contribution is -2.41. The van der Waals surface area contributed by atoms with Crippen molar-refractivity contribution in [2.75, 3.05) is 63.1 Å². The Labute approximate surface area is 357 Å². The maximum absolute atomic E-state index is 13.6. The second-order valence-corrected chi connectivity index (χ2v) is 16.1. The number of unbranched alkanes of at least 4 members (excludes halogenated alkanes) is 2. The average Bonchev–Trinajstić information content (AvgIpc) is 3.59. The molecule has 3 aromatic rings. The quantitative estimate of drug-likeness (QED) is 0.0431. The van der Waals surface area contributed by atoms with Gasteiger partial charge in [0.15, 0.2) is 23.0 Å². The molecule has 16 nitrogen and oxygen atoms in total. The van der Waals surface area contributed by atoms with Crippen LogP contribution < -0.4 is 34.5 Å². The molecule has 5 rings (SSSR count). The zero-order valence-corrected chi connectivity index (χ0v) is 35.4. The summed E-state index contributed by atoms with van der Waals surface area (Å²) < 4.78 is 89.4. The minimum absolute atomic E-state index is 0.0314. The summed E-state index contributed by atoms with van der Waals surface area (Å²) in [5, 5.41) is 0. The number of nitrogens with two attached hydrogens (primary N) is 1. The molecule has 0 saturated carbocycles. The van der Waals surface area contributed by atoms with Gasteiger partial charge >= 0.3 is 15.6 Å². The van der Waals surface area contributed by atoms with E-state index < -0.39 is 39.4 Å². The van der Waals surface area contributed by atoms with Crippen LogP contribution in [0.25, 0.3) is 5.57 Å². The number of rotatable bonds is 22. The normalized spacial score (nSPS) is 15.3. The third kappa shape index (κ3) is 10.7. The Morgan fingerprint density at radius 1 is 0.968 bits per heavy atom. The first-order valence-electron chi connectivity index (χ1n) is 19.3. The molecular formula is C42H48F3N5O11S. The third-order valence-corrected chi connectivity index (χ3v) is 11.4. The van der Waals surface area contributed by atoms with Gasteiger partial charge < -0.3 is 48.5 Å². The highest BCUT2D eigenvalue weighted by atomic mass is 32.2. The lowest BCUT2D eigenvalue weighted by atomic mass is 9.98. The van der Waals surface area contributed by atoms with Crippen LogP contribution in [0.1, 0.15) is 53.6 Å². The topological polar surface area (TPSA) is 188 Å². The van der Waals surface area contributed by atoms with E-state index >= 15 is 0 Å². The summed E-state index contributed by atoms with van der Waals surface area (Å²) in [7, 11) is -1.47. The van der Waals surface area contributed by atoms with Gasteiger partial charge in [-0.3, -0.25) is 19.2 Å². The molecule has 62 heavy (non-hydrogen) atoms. The maximum Gasteiger partial charge on any atom is 0.534 e. The average molecular weight is 888 g/mol. The first-order chi connectivity index (χ1) is 29.4. The van der Waals surface area contributed by atoms with Gasteiger partial charge in [-0.1, -0.05) is 18.7 Å². The monoisotopic (exact) mass is 887 g/mol. The Morgan fingerprint density at radius 2 is 1.63 bits per heavy atom. The molecule has 0 saturated heterocycles. The fourth-order valence-corrected chi connectivity index (χ4v) is 7.53. The SMILES string of the molecule is C=C(CC(CN(C=O)c1cc(OCCCCCOc2cc3c(cc2OC)C(=O)N2C=C(OS(=O)(=O)C(F)(F)F)CC2CN3C=O)c(OC)cc1C)N(C)C=O)c1cccc(N)c1. The van der Waals surface area contributed by atoms with Gasteiger partial charge in [0.05, 0.1) is 56.5 Å². The Kier molecular flexibility index (Phi) is 15.0. The Hall–Kier alpha value is -6.44. The smallest absolute Gasteiger partial charge is 0.493 e. The van der Waals surface area contributed by atoms with Crippen LogP contribution in [0.2, 0.25) is 0 Å². The van der Waals surface area contributed by atoms with E-state index in [2.05, 4.69) is 10.8 Å². The number of carbonyl (C=O) groups is 4. The first kappa shape index (κ1) is 46.6. The molecule has 2 atom stereocenters. The van der Waals surface area contributed by atoms with Crippen LogP contribution in [-0.2, 0) is 28.7 Å². The highest BCUT2D eigenvalue weighted by Crippen LogP contribution is 2.41. The molecular weight excluding hydrogens is 840 g/mol. The number of likely N-dealkylation sites (N-methyl/N-ethyl adjacent to an activating group) is 1. The number of methoxy groups -OCH3 is 2. The number of benzene rings is 3. The van der Waals surface area contributed by atoms with Crippen LogP contribution in [0.4, 0.5) is 30.2 Å². The van der Waals surface area contributed by atoms with Crippen LogP contribution in [0.15, 0.2) is 67.1 Å². The molecule has 2 aliphatic rings. The fourth-order valence-electron chi connectivity index (χ4n) is 7.05. The molecule has 0 radical (unpaired) electrons. The minimum Gasteiger partial charge on any atom is -0.493 e. The van der Waals surface area contributed by atoms with E-state index in [4.69, 9.17) is 24.7 Å². The number of anilines is 3. The summed E-state index contributed by atoms with van der Waals surface area (Å²) in [5.41, 5.74) is 3.90. The molecule has 334 valence electrons. The van der Waals surface area contributed by atoms with Crippen molar-refractivity contribution < 1.29 is 63.9 Å². The number of ether oxygens (including phenoxy) is 4. The number of hydrogen-bond donors (Lipinski definition) is 1. The lowest BCUT2D eigenvalue weighted by Gasteiger charge is -2.31. The predicted octanol–water partition coefficient (Wildman–Crippen LogP) is 5.64. The van der Waals surface area contributed by atoms with Crippen molar-refractivity contribution in [3.05, 3.63) is 83.8 Å². The Balaban J connectivity index is 1.19. The molecule has 2 heterocycles. The van der Waals surface area contributed by atoms with Gasteiger partial charge in [0.25, 0.3) is 5.91 Å². The van der Waals surface area contributed by atoms with Crippen LogP contribution >= 0.6 is 0 Å². The van der Waals surface area contributed by atoms with E-state index in [0.29, 0.717) is 67.8 Å². The van der Waals surface area contributed by atoms with Crippen molar-refractivity contribution >= 4 is 57.9 Å². The van der Waals surface area contributed by atoms with E-state index in [-0.39, 0.29) is 55.5 Å². The number of halogens is 3. The fraction of sp³-hybridized carbons (Fsp3) is 0.381. The molecule has 20 heteroatoms. The zero-order valence-electron chi connectivity index (χ0n) is 34.6. The highest BCUT2D eigenvalue weighted by Gasteiger charge is 2.50. The van der Waals surface area contributed by atoms with Gasteiger partial charge in [-0.05, 0) is 73.6 Å². The standard InChI is InChI=1S/C42H48F3N5O11S/c1-27(29-10-9-11-30(46)16-29)14-31(47(3)24-51)21-48(25-52)35-19-39(37(57-4)15-28(35)2)59-12-7-6-8-13-60-40-20-36-34(18-38(40)58-5)41(54)50-23-33(17-32(50)22-49(36)26-53)61-62(55,56)42(43,44)45/h9-11,15-16,18-20,23-26,31-32H,1,6-8,12-14,17,21-22,46H2,2-5H3. The summed E-state index contributed by atoms with van der Waals surface area (Å²) in [4.78, 5) is 55.4. The summed E-state index contributed by atoms with van der Waals surface area (Å²) in [5.74, 6) is -0.0636. The van der Waals surface area contributed by atoms with E-state index in [1.54, 1.807) is 31.3 Å². The largest absolute Gasteiger partial charge is 0.534 e. The molecule has 0 fully saturated rings. The van der Waals surface area contributed by atoms with E-state index in [9.17, 15) is 40.8 Å². The number of nitrogens with zero attached hydrogens (tertiary/aromatic N) is 4. The van der Waals surface area contributed by atoms with Crippen molar-refractivity contribution in [2.45, 2.75) is 56.6 Å². The second-order valence-electron chi connectivity index (χ2n) is 14.6. The van der Waals surface area contributed by atoms with Crippen LogP contribution in [0.3, 0.4) is 0 Å². The number of alkyl halides is 3. The van der Waals surface area contributed by atoms with Crippen LogP contribution in [0.5, 0.6) is 23.0 Å². The molecule has 0 bridgehead atoms. The highest BCUT2D eigenvalue weighted by molar-refractivity contribution is 7.87. The van der Waals surface area contributed by atoms with Gasteiger partial charge in [0.1, 0.15) is 5.76 Å². The van der Waals surface area contributed by atoms with Crippen molar-refractivity contribution in [2.24, 2.45) is 0 Å². The maximum atomic E-state index is 13.6.